The van der Waals surface area contributed by atoms with Crippen molar-refractivity contribution in [2.45, 2.75) is 13.5 Å². The van der Waals surface area contributed by atoms with Crippen LogP contribution < -0.4 is 10.1 Å². The Hall–Kier alpha value is -2.43. The minimum atomic E-state index is -0.990. The van der Waals surface area contributed by atoms with E-state index in [9.17, 15) is 4.79 Å². The molecule has 1 heterocycles. The van der Waals surface area contributed by atoms with Crippen LogP contribution in [-0.4, -0.2) is 18.2 Å². The molecule has 0 aliphatic carbocycles. The van der Waals surface area contributed by atoms with Crippen LogP contribution in [0.3, 0.4) is 0 Å². The molecule has 5 nitrogen and oxygen atoms in total. The van der Waals surface area contributed by atoms with E-state index < -0.39 is 5.97 Å². The Kier molecular flexibility index (Phi) is 3.75. The molecule has 2 aromatic rings. The van der Waals surface area contributed by atoms with Gasteiger partial charge in [-0.25, -0.2) is 4.79 Å². The molecule has 19 heavy (non-hydrogen) atoms. The van der Waals surface area contributed by atoms with Crippen LogP contribution in [0.4, 0.5) is 5.69 Å². The maximum absolute atomic E-state index is 10.7. The predicted molar refractivity (Wildman–Crippen MR) is 70.7 cm³/mol. The molecule has 100 valence electrons. The molecule has 0 bridgehead atoms. The molecule has 0 spiro atoms. The molecule has 5 heteroatoms. The Morgan fingerprint density at radius 2 is 2.21 bits per heavy atom. The van der Waals surface area contributed by atoms with Crippen LogP contribution in [0.15, 0.2) is 34.9 Å². The van der Waals surface area contributed by atoms with E-state index in [2.05, 4.69) is 5.32 Å². The number of rotatable bonds is 5. The largest absolute Gasteiger partial charge is 0.497 e. The summed E-state index contributed by atoms with van der Waals surface area (Å²) in [6.45, 7) is 2.40. The van der Waals surface area contributed by atoms with Gasteiger partial charge in [-0.15, -0.1) is 0 Å². The lowest BCUT2D eigenvalue weighted by atomic mass is 10.2. The molecule has 0 aliphatic rings. The number of benzene rings is 1. The lowest BCUT2D eigenvalue weighted by molar-refractivity contribution is 0.0696. The van der Waals surface area contributed by atoms with Gasteiger partial charge in [-0.2, -0.15) is 0 Å². The number of carboxylic acid groups (broad SMARTS) is 1. The summed E-state index contributed by atoms with van der Waals surface area (Å²) in [4.78, 5) is 10.7. The summed E-state index contributed by atoms with van der Waals surface area (Å²) >= 11 is 0. The highest BCUT2D eigenvalue weighted by atomic mass is 16.5. The zero-order chi connectivity index (χ0) is 13.8. The summed E-state index contributed by atoms with van der Waals surface area (Å²) in [6.07, 6.45) is 1.24. The van der Waals surface area contributed by atoms with Crippen LogP contribution in [0.25, 0.3) is 0 Å². The first kappa shape index (κ1) is 13.0. The second-order valence-electron chi connectivity index (χ2n) is 4.14. The van der Waals surface area contributed by atoms with Gasteiger partial charge in [0.25, 0.3) is 0 Å². The molecule has 0 aliphatic heterocycles. The van der Waals surface area contributed by atoms with Gasteiger partial charge in [-0.3, -0.25) is 0 Å². The number of carboxylic acids is 1. The molecule has 0 fully saturated rings. The van der Waals surface area contributed by atoms with E-state index >= 15 is 0 Å². The maximum Gasteiger partial charge on any atom is 0.338 e. The van der Waals surface area contributed by atoms with Crippen molar-refractivity contribution in [1.29, 1.82) is 0 Å². The molecule has 1 aromatic carbocycles. The molecular formula is C14H15NO4. The third-order valence-electron chi connectivity index (χ3n) is 2.79. The second-order valence-corrected chi connectivity index (χ2v) is 4.14. The van der Waals surface area contributed by atoms with E-state index in [1.807, 2.05) is 25.1 Å². The number of carbonyl (C=O) groups is 1. The Labute approximate surface area is 110 Å². The normalized spacial score (nSPS) is 10.2. The van der Waals surface area contributed by atoms with Gasteiger partial charge >= 0.3 is 5.97 Å². The molecule has 0 amide bonds. The SMILES string of the molecule is COc1ccc(NCc2cc(C(=O)O)co2)c(C)c1. The fourth-order valence-electron chi connectivity index (χ4n) is 1.73. The minimum Gasteiger partial charge on any atom is -0.497 e. The summed E-state index contributed by atoms with van der Waals surface area (Å²) in [5, 5.41) is 12.0. The number of furan rings is 1. The number of aromatic carboxylic acids is 1. The summed E-state index contributed by atoms with van der Waals surface area (Å²) in [6, 6.07) is 7.21. The van der Waals surface area contributed by atoms with Gasteiger partial charge in [0.15, 0.2) is 0 Å². The molecule has 1 aromatic heterocycles. The first-order valence-corrected chi connectivity index (χ1v) is 5.79. The number of methoxy groups -OCH3 is 1. The number of hydrogen-bond acceptors (Lipinski definition) is 4. The minimum absolute atomic E-state index is 0.156. The zero-order valence-corrected chi connectivity index (χ0v) is 10.8. The zero-order valence-electron chi connectivity index (χ0n) is 10.8. The summed E-state index contributed by atoms with van der Waals surface area (Å²) in [5.41, 5.74) is 2.15. The molecule has 2 rings (SSSR count). The fourth-order valence-corrected chi connectivity index (χ4v) is 1.73. The van der Waals surface area contributed by atoms with Crippen molar-refractivity contribution in [3.05, 3.63) is 47.4 Å². The van der Waals surface area contributed by atoms with Gasteiger partial charge < -0.3 is 19.6 Å². The van der Waals surface area contributed by atoms with E-state index in [1.54, 1.807) is 7.11 Å². The number of nitrogens with one attached hydrogen (secondary N) is 1. The Bertz CT molecular complexity index is 589. The van der Waals surface area contributed by atoms with Crippen LogP contribution >= 0.6 is 0 Å². The van der Waals surface area contributed by atoms with Crippen LogP contribution in [0.1, 0.15) is 21.7 Å². The van der Waals surface area contributed by atoms with Crippen molar-refractivity contribution in [2.24, 2.45) is 0 Å². The van der Waals surface area contributed by atoms with Crippen molar-refractivity contribution < 1.29 is 19.1 Å². The third kappa shape index (κ3) is 3.07. The summed E-state index contributed by atoms with van der Waals surface area (Å²) < 4.78 is 10.3. The van der Waals surface area contributed by atoms with Crippen LogP contribution in [0.5, 0.6) is 5.75 Å². The lowest BCUT2D eigenvalue weighted by Crippen LogP contribution is -2.00. The topological polar surface area (TPSA) is 71.7 Å². The summed E-state index contributed by atoms with van der Waals surface area (Å²) in [7, 11) is 1.62. The van der Waals surface area contributed by atoms with Crippen molar-refractivity contribution >= 4 is 11.7 Å². The molecule has 0 saturated carbocycles. The molecule has 0 saturated heterocycles. The number of hydrogen-bond donors (Lipinski definition) is 2. The quantitative estimate of drug-likeness (QED) is 0.865. The monoisotopic (exact) mass is 261 g/mol. The average molecular weight is 261 g/mol. The molecule has 2 N–H and O–H groups in total. The fraction of sp³-hybridized carbons (Fsp3) is 0.214. The van der Waals surface area contributed by atoms with Gasteiger partial charge in [0.1, 0.15) is 17.8 Å². The number of anilines is 1. The van der Waals surface area contributed by atoms with E-state index in [4.69, 9.17) is 14.3 Å². The van der Waals surface area contributed by atoms with Crippen molar-refractivity contribution in [2.75, 3.05) is 12.4 Å². The third-order valence-corrected chi connectivity index (χ3v) is 2.79. The highest BCUT2D eigenvalue weighted by Crippen LogP contribution is 2.21. The Balaban J connectivity index is 2.03. The van der Waals surface area contributed by atoms with Gasteiger partial charge in [0.2, 0.25) is 0 Å². The molecular weight excluding hydrogens is 246 g/mol. The number of aryl methyl sites for hydroxylation is 1. The van der Waals surface area contributed by atoms with Crippen molar-refractivity contribution in [3.8, 4) is 5.75 Å². The van der Waals surface area contributed by atoms with Crippen molar-refractivity contribution in [3.63, 3.8) is 0 Å². The van der Waals surface area contributed by atoms with E-state index in [-0.39, 0.29) is 5.56 Å². The highest BCUT2D eigenvalue weighted by Gasteiger charge is 2.08. The average Bonchev–Trinajstić information content (AvgIpc) is 2.86. The van der Waals surface area contributed by atoms with Gasteiger partial charge in [0.05, 0.1) is 19.2 Å². The smallest absolute Gasteiger partial charge is 0.338 e. The van der Waals surface area contributed by atoms with Gasteiger partial charge in [0, 0.05) is 5.69 Å². The highest BCUT2D eigenvalue weighted by molar-refractivity contribution is 5.87. The lowest BCUT2D eigenvalue weighted by Gasteiger charge is -2.09. The number of ether oxygens (including phenoxy) is 1. The first-order chi connectivity index (χ1) is 9.10. The Morgan fingerprint density at radius 3 is 2.79 bits per heavy atom. The van der Waals surface area contributed by atoms with Crippen LogP contribution in [0, 0.1) is 6.92 Å². The van der Waals surface area contributed by atoms with E-state index in [1.165, 1.54) is 12.3 Å². The second kappa shape index (κ2) is 5.48. The van der Waals surface area contributed by atoms with E-state index in [0.29, 0.717) is 12.3 Å². The van der Waals surface area contributed by atoms with Crippen LogP contribution in [0.2, 0.25) is 0 Å². The van der Waals surface area contributed by atoms with Gasteiger partial charge in [-0.05, 0) is 36.8 Å². The first-order valence-electron chi connectivity index (χ1n) is 5.79. The summed E-state index contributed by atoms with van der Waals surface area (Å²) in [5.74, 6) is 0.387. The van der Waals surface area contributed by atoms with Gasteiger partial charge in [-0.1, -0.05) is 0 Å². The molecule has 0 radical (unpaired) electrons. The van der Waals surface area contributed by atoms with E-state index in [0.717, 1.165) is 17.0 Å². The molecule has 0 atom stereocenters. The van der Waals surface area contributed by atoms with Crippen LogP contribution in [-0.2, 0) is 6.54 Å². The molecule has 0 unspecified atom stereocenters. The Morgan fingerprint density at radius 1 is 1.42 bits per heavy atom. The predicted octanol–water partition coefficient (Wildman–Crippen LogP) is 2.91. The standard InChI is InChI=1S/C14H15NO4/c1-9-5-11(18-2)3-4-13(9)15-7-12-6-10(8-19-12)14(16)17/h3-6,8,15H,7H2,1-2H3,(H,16,17). The maximum atomic E-state index is 10.7. The van der Waals surface area contributed by atoms with Crippen molar-refractivity contribution in [1.82, 2.24) is 0 Å².